The van der Waals surface area contributed by atoms with Gasteiger partial charge in [-0.25, -0.2) is 9.97 Å². The van der Waals surface area contributed by atoms with Crippen LogP contribution in [0, 0.1) is 12.3 Å². The molecule has 7 heteroatoms. The monoisotopic (exact) mass is 361 g/mol. The van der Waals surface area contributed by atoms with Crippen molar-refractivity contribution < 1.29 is 9.53 Å². The quantitative estimate of drug-likeness (QED) is 0.870. The number of hydrogen-bond donors (Lipinski definition) is 1. The Labute approximate surface area is 155 Å². The highest BCUT2D eigenvalue weighted by Crippen LogP contribution is 2.32. The van der Waals surface area contributed by atoms with Crippen LogP contribution in [0.1, 0.15) is 44.1 Å². The molecular formula is C19H31N5O2. The summed E-state index contributed by atoms with van der Waals surface area (Å²) >= 11 is 0. The molecule has 2 N–H and O–H groups in total. The highest BCUT2D eigenvalue weighted by atomic mass is 16.5. The first-order valence-electron chi connectivity index (χ1n) is 9.63. The van der Waals surface area contributed by atoms with Gasteiger partial charge in [0, 0.05) is 63.6 Å². The molecule has 2 aliphatic rings. The number of amides is 1. The van der Waals surface area contributed by atoms with E-state index < -0.39 is 5.41 Å². The molecule has 1 aromatic rings. The van der Waals surface area contributed by atoms with E-state index in [1.807, 2.05) is 17.9 Å². The summed E-state index contributed by atoms with van der Waals surface area (Å²) in [6, 6.07) is 2.03. The van der Waals surface area contributed by atoms with Crippen LogP contribution in [0.3, 0.4) is 0 Å². The Morgan fingerprint density at radius 3 is 2.46 bits per heavy atom. The minimum Gasteiger partial charge on any atom is -0.381 e. The van der Waals surface area contributed by atoms with Crippen LogP contribution in [0.25, 0.3) is 0 Å². The van der Waals surface area contributed by atoms with Gasteiger partial charge in [0.1, 0.15) is 11.6 Å². The summed E-state index contributed by atoms with van der Waals surface area (Å²) in [7, 11) is 0. The molecule has 2 aliphatic heterocycles. The van der Waals surface area contributed by atoms with Gasteiger partial charge < -0.3 is 20.3 Å². The second-order valence-electron chi connectivity index (χ2n) is 7.76. The van der Waals surface area contributed by atoms with Crippen molar-refractivity contribution >= 4 is 11.7 Å². The zero-order chi connectivity index (χ0) is 18.7. The number of rotatable bonds is 4. The Bertz CT molecular complexity index is 635. The van der Waals surface area contributed by atoms with Gasteiger partial charge in [-0.2, -0.15) is 0 Å². The fourth-order valence-electron chi connectivity index (χ4n) is 3.74. The van der Waals surface area contributed by atoms with E-state index in [0.717, 1.165) is 43.3 Å². The number of carbonyl (C=O) groups excluding carboxylic acids is 1. The van der Waals surface area contributed by atoms with Crippen molar-refractivity contribution in [2.75, 3.05) is 50.8 Å². The largest absolute Gasteiger partial charge is 0.381 e. The summed E-state index contributed by atoms with van der Waals surface area (Å²) in [5.41, 5.74) is 6.55. The summed E-state index contributed by atoms with van der Waals surface area (Å²) in [6.45, 7) is 10.9. The lowest BCUT2D eigenvalue weighted by Crippen LogP contribution is -2.56. The van der Waals surface area contributed by atoms with E-state index in [9.17, 15) is 4.79 Å². The van der Waals surface area contributed by atoms with E-state index >= 15 is 0 Å². The lowest BCUT2D eigenvalue weighted by molar-refractivity contribution is -0.147. The SMILES string of the molecule is Cc1cc(N2CCN(C(=O)C3(CN)CCOCC3)CC2)nc(C(C)C)n1. The van der Waals surface area contributed by atoms with Gasteiger partial charge in [-0.05, 0) is 19.8 Å². The van der Waals surface area contributed by atoms with Crippen molar-refractivity contribution in [1.29, 1.82) is 0 Å². The predicted molar refractivity (Wildman–Crippen MR) is 101 cm³/mol. The molecule has 3 rings (SSSR count). The van der Waals surface area contributed by atoms with Gasteiger partial charge in [-0.3, -0.25) is 4.79 Å². The average molecular weight is 361 g/mol. The normalized spacial score (nSPS) is 20.5. The maximum absolute atomic E-state index is 13.1. The molecule has 144 valence electrons. The van der Waals surface area contributed by atoms with E-state index in [2.05, 4.69) is 23.7 Å². The average Bonchev–Trinajstić information content (AvgIpc) is 2.67. The standard InChI is InChI=1S/C19H31N5O2/c1-14(2)17-21-15(3)12-16(22-17)23-6-8-24(9-7-23)18(25)19(13-20)4-10-26-11-5-19/h12,14H,4-11,13,20H2,1-3H3. The molecule has 2 saturated heterocycles. The number of piperazine rings is 1. The van der Waals surface area contributed by atoms with Crippen molar-refractivity contribution in [3.8, 4) is 0 Å². The Morgan fingerprint density at radius 2 is 1.88 bits per heavy atom. The number of nitrogens with zero attached hydrogens (tertiary/aromatic N) is 4. The van der Waals surface area contributed by atoms with Crippen LogP contribution in [-0.2, 0) is 9.53 Å². The van der Waals surface area contributed by atoms with Crippen LogP contribution in [0.15, 0.2) is 6.07 Å². The molecule has 0 saturated carbocycles. The molecule has 26 heavy (non-hydrogen) atoms. The zero-order valence-corrected chi connectivity index (χ0v) is 16.2. The van der Waals surface area contributed by atoms with Gasteiger partial charge in [0.15, 0.2) is 0 Å². The Kier molecular flexibility index (Phi) is 5.77. The summed E-state index contributed by atoms with van der Waals surface area (Å²) in [6.07, 6.45) is 1.46. The highest BCUT2D eigenvalue weighted by molar-refractivity contribution is 5.83. The third-order valence-corrected chi connectivity index (χ3v) is 5.56. The number of nitrogens with two attached hydrogens (primary N) is 1. The summed E-state index contributed by atoms with van der Waals surface area (Å²) in [4.78, 5) is 26.6. The lowest BCUT2D eigenvalue weighted by Gasteiger charge is -2.42. The first kappa shape index (κ1) is 19.0. The van der Waals surface area contributed by atoms with Crippen LogP contribution >= 0.6 is 0 Å². The molecule has 1 amide bonds. The predicted octanol–water partition coefficient (Wildman–Crippen LogP) is 1.31. The molecule has 0 bridgehead atoms. The Balaban J connectivity index is 1.66. The molecule has 0 unspecified atom stereocenters. The third-order valence-electron chi connectivity index (χ3n) is 5.56. The van der Waals surface area contributed by atoms with Crippen LogP contribution in [0.5, 0.6) is 0 Å². The number of anilines is 1. The van der Waals surface area contributed by atoms with Crippen molar-refractivity contribution in [3.05, 3.63) is 17.6 Å². The Morgan fingerprint density at radius 1 is 1.23 bits per heavy atom. The van der Waals surface area contributed by atoms with E-state index in [1.165, 1.54) is 0 Å². The maximum Gasteiger partial charge on any atom is 0.230 e. The van der Waals surface area contributed by atoms with Gasteiger partial charge in [0.05, 0.1) is 5.41 Å². The zero-order valence-electron chi connectivity index (χ0n) is 16.2. The maximum atomic E-state index is 13.1. The smallest absolute Gasteiger partial charge is 0.230 e. The fraction of sp³-hybridized carbons (Fsp3) is 0.737. The molecular weight excluding hydrogens is 330 g/mol. The second-order valence-corrected chi connectivity index (χ2v) is 7.76. The number of aryl methyl sites for hydroxylation is 1. The van der Waals surface area contributed by atoms with Crippen molar-refractivity contribution in [2.45, 2.75) is 39.5 Å². The molecule has 1 aromatic heterocycles. The number of hydrogen-bond acceptors (Lipinski definition) is 6. The van der Waals surface area contributed by atoms with Gasteiger partial charge in [0.2, 0.25) is 5.91 Å². The molecule has 0 radical (unpaired) electrons. The molecule has 0 atom stereocenters. The van der Waals surface area contributed by atoms with E-state index in [-0.39, 0.29) is 5.91 Å². The van der Waals surface area contributed by atoms with Crippen LogP contribution < -0.4 is 10.6 Å². The van der Waals surface area contributed by atoms with Gasteiger partial charge in [-0.15, -0.1) is 0 Å². The van der Waals surface area contributed by atoms with E-state index in [0.29, 0.717) is 38.8 Å². The first-order valence-corrected chi connectivity index (χ1v) is 9.63. The van der Waals surface area contributed by atoms with Gasteiger partial charge >= 0.3 is 0 Å². The van der Waals surface area contributed by atoms with Gasteiger partial charge in [0.25, 0.3) is 0 Å². The minimum atomic E-state index is -0.434. The molecule has 7 nitrogen and oxygen atoms in total. The molecule has 3 heterocycles. The highest BCUT2D eigenvalue weighted by Gasteiger charge is 2.42. The fourth-order valence-corrected chi connectivity index (χ4v) is 3.74. The summed E-state index contributed by atoms with van der Waals surface area (Å²) in [5.74, 6) is 2.34. The number of aromatic nitrogens is 2. The molecule has 0 spiro atoms. The third kappa shape index (κ3) is 3.83. The number of ether oxygens (including phenoxy) is 1. The summed E-state index contributed by atoms with van der Waals surface area (Å²) < 4.78 is 5.43. The summed E-state index contributed by atoms with van der Waals surface area (Å²) in [5, 5.41) is 0. The van der Waals surface area contributed by atoms with E-state index in [4.69, 9.17) is 15.5 Å². The van der Waals surface area contributed by atoms with Crippen LogP contribution in [-0.4, -0.2) is 66.7 Å². The van der Waals surface area contributed by atoms with E-state index in [1.54, 1.807) is 0 Å². The van der Waals surface area contributed by atoms with Crippen molar-refractivity contribution in [3.63, 3.8) is 0 Å². The van der Waals surface area contributed by atoms with Crippen molar-refractivity contribution in [2.24, 2.45) is 11.1 Å². The van der Waals surface area contributed by atoms with Crippen LogP contribution in [0.2, 0.25) is 0 Å². The van der Waals surface area contributed by atoms with Gasteiger partial charge in [-0.1, -0.05) is 13.8 Å². The topological polar surface area (TPSA) is 84.6 Å². The van der Waals surface area contributed by atoms with Crippen LogP contribution in [0.4, 0.5) is 5.82 Å². The second kappa shape index (κ2) is 7.88. The molecule has 0 aliphatic carbocycles. The molecule has 2 fully saturated rings. The van der Waals surface area contributed by atoms with Crippen molar-refractivity contribution in [1.82, 2.24) is 14.9 Å². The first-order chi connectivity index (χ1) is 12.4. The Hall–Kier alpha value is -1.73. The number of carbonyl (C=O) groups is 1. The minimum absolute atomic E-state index is 0.199. The molecule has 0 aromatic carbocycles. The lowest BCUT2D eigenvalue weighted by atomic mass is 9.78.